The van der Waals surface area contributed by atoms with Crippen LogP contribution in [-0.4, -0.2) is 17.0 Å². The van der Waals surface area contributed by atoms with E-state index in [9.17, 15) is 13.2 Å². The summed E-state index contributed by atoms with van der Waals surface area (Å²) in [6, 6.07) is 6.77. The topological polar surface area (TPSA) is 61.9 Å². The van der Waals surface area contributed by atoms with Gasteiger partial charge in [-0.05, 0) is 36.1 Å². The molecule has 0 radical (unpaired) electrons. The molecule has 1 aromatic carbocycles. The normalized spacial score (nSPS) is 21.7. The number of fused-ring (bicyclic) bond motifs is 5. The molecular weight excluding hydrogens is 319 g/mol. The van der Waals surface area contributed by atoms with Crippen molar-refractivity contribution >= 4 is 17.5 Å². The molecule has 3 heterocycles. The lowest BCUT2D eigenvalue weighted by molar-refractivity contribution is -0.137. The number of hydrogen-bond donors (Lipinski definition) is 3. The van der Waals surface area contributed by atoms with Crippen molar-refractivity contribution in [2.75, 3.05) is 17.7 Å². The molecule has 4 rings (SSSR count). The second-order valence-corrected chi connectivity index (χ2v) is 6.02. The van der Waals surface area contributed by atoms with Gasteiger partial charge in [0.15, 0.2) is 0 Å². The summed E-state index contributed by atoms with van der Waals surface area (Å²) in [5.41, 5.74) is 2.44. The number of hydrogen-bond acceptors (Lipinski definition) is 5. The van der Waals surface area contributed by atoms with Crippen molar-refractivity contribution in [1.29, 1.82) is 0 Å². The second-order valence-electron chi connectivity index (χ2n) is 6.02. The Morgan fingerprint density at radius 2 is 1.92 bits per heavy atom. The molecule has 2 aliphatic rings. The van der Waals surface area contributed by atoms with Gasteiger partial charge in [-0.25, -0.2) is 4.98 Å². The first-order chi connectivity index (χ1) is 11.5. The van der Waals surface area contributed by atoms with Gasteiger partial charge in [-0.15, -0.1) is 0 Å². The summed E-state index contributed by atoms with van der Waals surface area (Å²) in [4.78, 5) is 7.72. The molecule has 1 fully saturated rings. The Hall–Kier alpha value is -2.35. The number of aromatic nitrogens is 2. The highest BCUT2D eigenvalue weighted by Crippen LogP contribution is 2.45. The zero-order valence-corrected chi connectivity index (χ0v) is 12.9. The first-order valence-corrected chi connectivity index (χ1v) is 7.74. The molecule has 1 saturated heterocycles. The molecule has 1 aromatic heterocycles. The minimum absolute atomic E-state index is 0.128. The average molecular weight is 335 g/mol. The van der Waals surface area contributed by atoms with Crippen LogP contribution < -0.4 is 16.0 Å². The summed E-state index contributed by atoms with van der Waals surface area (Å²) >= 11 is 0. The number of benzene rings is 1. The highest BCUT2D eigenvalue weighted by atomic mass is 19.4. The van der Waals surface area contributed by atoms with Gasteiger partial charge < -0.3 is 16.0 Å². The van der Waals surface area contributed by atoms with E-state index in [0.29, 0.717) is 12.1 Å². The van der Waals surface area contributed by atoms with Crippen molar-refractivity contribution in [2.24, 2.45) is 0 Å². The summed E-state index contributed by atoms with van der Waals surface area (Å²) in [5.74, 6) is -0.120. The van der Waals surface area contributed by atoms with Gasteiger partial charge >= 0.3 is 6.18 Å². The molecule has 0 spiro atoms. The van der Waals surface area contributed by atoms with Crippen molar-refractivity contribution < 1.29 is 13.2 Å². The van der Waals surface area contributed by atoms with E-state index in [2.05, 4.69) is 32.0 Å². The van der Waals surface area contributed by atoms with E-state index in [1.807, 2.05) is 12.1 Å². The van der Waals surface area contributed by atoms with E-state index in [4.69, 9.17) is 0 Å². The summed E-state index contributed by atoms with van der Waals surface area (Å²) < 4.78 is 38.6. The number of alkyl halides is 3. The lowest BCUT2D eigenvalue weighted by Gasteiger charge is -2.16. The van der Waals surface area contributed by atoms with Crippen LogP contribution >= 0.6 is 0 Å². The maximum absolute atomic E-state index is 12.9. The van der Waals surface area contributed by atoms with Crippen LogP contribution in [0.3, 0.4) is 0 Å². The molecule has 2 aliphatic heterocycles. The van der Waals surface area contributed by atoms with Crippen molar-refractivity contribution in [3.63, 3.8) is 0 Å². The van der Waals surface area contributed by atoms with E-state index >= 15 is 0 Å². The quantitative estimate of drug-likeness (QED) is 0.797. The van der Waals surface area contributed by atoms with E-state index in [1.54, 1.807) is 0 Å². The molecular formula is C16H16F3N5. The largest absolute Gasteiger partial charge is 0.421 e. The van der Waals surface area contributed by atoms with Gasteiger partial charge in [0.25, 0.3) is 0 Å². The number of anilines is 3. The number of nitrogens with zero attached hydrogens (tertiary/aromatic N) is 2. The van der Waals surface area contributed by atoms with Gasteiger partial charge in [-0.2, -0.15) is 18.2 Å². The minimum Gasteiger partial charge on any atom is -0.372 e. The van der Waals surface area contributed by atoms with Crippen LogP contribution in [0.1, 0.15) is 41.6 Å². The third-order valence-electron chi connectivity index (χ3n) is 4.57. The van der Waals surface area contributed by atoms with E-state index in [-0.39, 0.29) is 11.8 Å². The zero-order chi connectivity index (χ0) is 16.9. The third-order valence-corrected chi connectivity index (χ3v) is 4.57. The predicted molar refractivity (Wildman–Crippen MR) is 84.2 cm³/mol. The highest BCUT2D eigenvalue weighted by molar-refractivity contribution is 5.60. The van der Waals surface area contributed by atoms with Crippen LogP contribution in [0, 0.1) is 0 Å². The molecule has 8 heteroatoms. The van der Waals surface area contributed by atoms with Gasteiger partial charge in [0.05, 0.1) is 0 Å². The number of nitrogens with one attached hydrogen (secondary N) is 3. The third kappa shape index (κ3) is 2.47. The molecule has 2 unspecified atom stereocenters. The Labute approximate surface area is 136 Å². The fourth-order valence-corrected chi connectivity index (χ4v) is 3.47. The molecule has 3 N–H and O–H groups in total. The van der Waals surface area contributed by atoms with Gasteiger partial charge in [-0.3, -0.25) is 0 Å². The van der Waals surface area contributed by atoms with Crippen LogP contribution in [0.5, 0.6) is 0 Å². The molecule has 0 aliphatic carbocycles. The van der Waals surface area contributed by atoms with Crippen LogP contribution in [-0.2, 0) is 6.18 Å². The maximum atomic E-state index is 12.9. The maximum Gasteiger partial charge on any atom is 0.421 e. The van der Waals surface area contributed by atoms with E-state index in [0.717, 1.165) is 24.7 Å². The summed E-state index contributed by atoms with van der Waals surface area (Å²) in [5, 5.41) is 8.99. The number of rotatable bonds is 3. The van der Waals surface area contributed by atoms with Crippen LogP contribution in [0.25, 0.3) is 0 Å². The molecule has 2 aromatic rings. The lowest BCUT2D eigenvalue weighted by atomic mass is 9.91. The standard InChI is InChI=1S/C16H16F3N5/c1-20-14-11(16(17,18)19)7-21-15(24-14)22-8-2-3-9-10(6-8)13-5-4-12(9)23-13/h2-3,6-7,12-13,23H,4-5H2,1H3,(H2,20,21,22,24). The van der Waals surface area contributed by atoms with Gasteiger partial charge in [-0.1, -0.05) is 6.07 Å². The highest BCUT2D eigenvalue weighted by Gasteiger charge is 2.36. The summed E-state index contributed by atoms with van der Waals surface area (Å²) in [7, 11) is 1.40. The Balaban J connectivity index is 1.61. The zero-order valence-electron chi connectivity index (χ0n) is 12.9. The molecule has 2 bridgehead atoms. The minimum atomic E-state index is -4.49. The van der Waals surface area contributed by atoms with E-state index < -0.39 is 11.7 Å². The van der Waals surface area contributed by atoms with Crippen molar-refractivity contribution in [1.82, 2.24) is 15.3 Å². The fraction of sp³-hybridized carbons (Fsp3) is 0.375. The monoisotopic (exact) mass is 335 g/mol. The fourth-order valence-electron chi connectivity index (χ4n) is 3.47. The molecule has 24 heavy (non-hydrogen) atoms. The molecule has 126 valence electrons. The number of halogens is 3. The predicted octanol–water partition coefficient (Wildman–Crippen LogP) is 3.76. The summed E-state index contributed by atoms with van der Waals surface area (Å²) in [6.07, 6.45) is -1.44. The van der Waals surface area contributed by atoms with Crippen molar-refractivity contribution in [3.8, 4) is 0 Å². The Bertz CT molecular complexity index is 790. The Morgan fingerprint density at radius 1 is 1.17 bits per heavy atom. The van der Waals surface area contributed by atoms with Crippen LogP contribution in [0.15, 0.2) is 24.4 Å². The SMILES string of the molecule is CNc1nc(Nc2ccc3c(c2)C2CCC3N2)ncc1C(F)(F)F. The smallest absolute Gasteiger partial charge is 0.372 e. The summed E-state index contributed by atoms with van der Waals surface area (Å²) in [6.45, 7) is 0. The molecule has 0 saturated carbocycles. The lowest BCUT2D eigenvalue weighted by Crippen LogP contribution is -2.12. The Morgan fingerprint density at radius 3 is 2.62 bits per heavy atom. The van der Waals surface area contributed by atoms with E-state index in [1.165, 1.54) is 18.2 Å². The van der Waals surface area contributed by atoms with Gasteiger partial charge in [0, 0.05) is 31.0 Å². The van der Waals surface area contributed by atoms with Crippen LogP contribution in [0.4, 0.5) is 30.6 Å². The van der Waals surface area contributed by atoms with Crippen molar-refractivity contribution in [2.45, 2.75) is 31.1 Å². The first kappa shape index (κ1) is 15.2. The Kier molecular flexibility index (Phi) is 3.38. The molecule has 2 atom stereocenters. The van der Waals surface area contributed by atoms with Crippen molar-refractivity contribution in [3.05, 3.63) is 41.1 Å². The second kappa shape index (κ2) is 5.34. The van der Waals surface area contributed by atoms with Crippen LogP contribution in [0.2, 0.25) is 0 Å². The average Bonchev–Trinajstić information content (AvgIpc) is 3.15. The van der Waals surface area contributed by atoms with Gasteiger partial charge in [0.2, 0.25) is 5.95 Å². The van der Waals surface area contributed by atoms with Gasteiger partial charge in [0.1, 0.15) is 11.4 Å². The first-order valence-electron chi connectivity index (χ1n) is 7.74. The molecule has 0 amide bonds. The molecule has 5 nitrogen and oxygen atoms in total.